The fourth-order valence-electron chi connectivity index (χ4n) is 7.69. The lowest BCUT2D eigenvalue weighted by Crippen LogP contribution is -2.62. The zero-order chi connectivity index (χ0) is 55.5. The number of carbonyl (C=O) groups excluding carboxylic acids is 6. The van der Waals surface area contributed by atoms with Crippen LogP contribution >= 0.6 is 12.6 Å². The zero-order valence-electron chi connectivity index (χ0n) is 39.0. The van der Waals surface area contributed by atoms with Crippen LogP contribution in [0.25, 0.3) is 11.2 Å². The Hall–Kier alpha value is -9.17. The van der Waals surface area contributed by atoms with Crippen molar-refractivity contribution in [2.75, 3.05) is 23.3 Å². The predicted molar refractivity (Wildman–Crippen MR) is 257 cm³/mol. The molecule has 2 heterocycles. The molecule has 6 amide bonds. The van der Waals surface area contributed by atoms with Gasteiger partial charge in [-0.15, -0.1) is 0 Å². The van der Waals surface area contributed by atoms with Crippen molar-refractivity contribution >= 4 is 107 Å². The normalized spacial score (nSPS) is 19.7. The number of H-pyrrole nitrogens is 1. The van der Waals surface area contributed by atoms with Gasteiger partial charge in [0, 0.05) is 30.0 Å². The largest absolute Gasteiger partial charge is 0.481 e. The Morgan fingerprint density at radius 3 is 1.92 bits per heavy atom. The van der Waals surface area contributed by atoms with E-state index in [1.165, 1.54) is 30.5 Å². The van der Waals surface area contributed by atoms with E-state index in [-0.39, 0.29) is 54.6 Å². The van der Waals surface area contributed by atoms with Crippen LogP contribution < -0.4 is 60.0 Å². The number of nitrogens with two attached hydrogens (primary N) is 3. The quantitative estimate of drug-likeness (QED) is 0.0184. The third kappa shape index (κ3) is 14.7. The molecule has 2 saturated carbocycles. The van der Waals surface area contributed by atoms with Gasteiger partial charge in [0.25, 0.3) is 11.5 Å². The number of hydrogen-bond acceptors (Lipinski definition) is 19. The van der Waals surface area contributed by atoms with E-state index in [4.69, 9.17) is 17.2 Å². The van der Waals surface area contributed by atoms with Crippen molar-refractivity contribution in [2.24, 2.45) is 28.3 Å². The Morgan fingerprint density at radius 2 is 1.36 bits per heavy atom. The van der Waals surface area contributed by atoms with Crippen molar-refractivity contribution in [3.05, 3.63) is 52.1 Å². The average Bonchev–Trinajstić information content (AvgIpc) is 4.25. The number of thiol groups is 1. The van der Waals surface area contributed by atoms with Gasteiger partial charge in [0.2, 0.25) is 35.5 Å². The van der Waals surface area contributed by atoms with Gasteiger partial charge in [-0.3, -0.25) is 57.9 Å². The summed E-state index contributed by atoms with van der Waals surface area (Å²) in [7, 11) is 0. The number of nitrogens with zero attached hydrogens (tertiary/aromatic N) is 4. The molecule has 33 heteroatoms. The average molecular weight is 1070 g/mol. The maximum absolute atomic E-state index is 14.1. The number of fused-ring (bicyclic) bond motifs is 1. The highest BCUT2D eigenvalue weighted by Gasteiger charge is 2.66. The van der Waals surface area contributed by atoms with Crippen molar-refractivity contribution < 1.29 is 78.3 Å². The number of anilines is 2. The minimum absolute atomic E-state index is 0.00124. The van der Waals surface area contributed by atoms with E-state index in [2.05, 4.69) is 74.8 Å². The molecule has 3 aromatic rings. The van der Waals surface area contributed by atoms with Crippen LogP contribution in [-0.4, -0.2) is 164 Å². The van der Waals surface area contributed by atoms with Gasteiger partial charge in [-0.25, -0.2) is 19.6 Å². The monoisotopic (exact) mass is 1070 g/mol. The van der Waals surface area contributed by atoms with Crippen LogP contribution in [-0.2, 0) is 54.5 Å². The van der Waals surface area contributed by atoms with E-state index in [1.54, 1.807) is 0 Å². The highest BCUT2D eigenvalue weighted by molar-refractivity contribution is 7.80. The van der Waals surface area contributed by atoms with Gasteiger partial charge >= 0.3 is 29.8 Å². The maximum atomic E-state index is 14.1. The summed E-state index contributed by atoms with van der Waals surface area (Å²) in [6.45, 7) is -0.0539. The Kier molecular flexibility index (Phi) is 18.2. The van der Waals surface area contributed by atoms with Gasteiger partial charge in [-0.05, 0) is 55.9 Å². The molecule has 0 saturated heterocycles. The molecule has 4 unspecified atom stereocenters. The molecule has 2 aromatic heterocycles. The predicted octanol–water partition coefficient (Wildman–Crippen LogP) is -5.21. The van der Waals surface area contributed by atoms with Gasteiger partial charge in [-0.1, -0.05) is 0 Å². The Labute approximate surface area is 426 Å². The number of carboxylic acid groups (broad SMARTS) is 5. The zero-order valence-corrected chi connectivity index (χ0v) is 39.9. The number of amides is 6. The minimum atomic E-state index is -2.29. The summed E-state index contributed by atoms with van der Waals surface area (Å²) >= 11 is 3.84. The fourth-order valence-corrected chi connectivity index (χ4v) is 7.94. The number of benzene rings is 1. The number of carbonyl (C=O) groups is 11. The number of hydrogen-bond donors (Lipinski definition) is 17. The molecule has 2 aliphatic rings. The molecule has 0 radical (unpaired) electrons. The fraction of sp³-hybridized carbons (Fsp3) is 0.429. The maximum Gasteiger partial charge on any atom is 0.327 e. The molecular formula is C42H51N15O17S. The van der Waals surface area contributed by atoms with Gasteiger partial charge in [0.15, 0.2) is 17.1 Å². The molecule has 1 aromatic carbocycles. The van der Waals surface area contributed by atoms with Crippen LogP contribution in [0, 0.1) is 11.8 Å². The van der Waals surface area contributed by atoms with E-state index in [0.29, 0.717) is 11.4 Å². The first kappa shape index (κ1) is 56.7. The molecule has 0 spiro atoms. The SMILES string of the molecule is NC(N)=NCCC1CC1(NC(=O)[C@@H](CC(=O)O)NC(=O)CC[C@@H](NC(=O)c1ccc(NCc2cnc3nc(N)[nH]c(=O)c3n2)cc1)C(=O)O)C(=O)N[C@H](CC(=O)O)C(=O)NC1(C(=O)N[C@H](CS)C(=O)O)CC1C(=O)O. The lowest BCUT2D eigenvalue weighted by atomic mass is 10.1. The summed E-state index contributed by atoms with van der Waals surface area (Å²) < 4.78 is 0. The third-order valence-electron chi connectivity index (χ3n) is 11.8. The number of aromatic nitrogens is 4. The summed E-state index contributed by atoms with van der Waals surface area (Å²) in [5.74, 6) is -18.6. The van der Waals surface area contributed by atoms with E-state index in [0.717, 1.165) is 0 Å². The van der Waals surface area contributed by atoms with Crippen LogP contribution in [0.4, 0.5) is 11.6 Å². The van der Waals surface area contributed by atoms with Crippen LogP contribution in [0.15, 0.2) is 40.2 Å². The highest BCUT2D eigenvalue weighted by atomic mass is 32.1. The highest BCUT2D eigenvalue weighted by Crippen LogP contribution is 2.47. The summed E-state index contributed by atoms with van der Waals surface area (Å²) in [5.41, 5.74) is 12.2. The lowest BCUT2D eigenvalue weighted by Gasteiger charge is -2.27. The number of aliphatic imine (C=N–C) groups is 1. The van der Waals surface area contributed by atoms with E-state index >= 15 is 0 Å². The van der Waals surface area contributed by atoms with Crippen LogP contribution in [0.1, 0.15) is 61.0 Å². The van der Waals surface area contributed by atoms with Gasteiger partial charge in [-0.2, -0.15) is 17.6 Å². The molecule has 2 aliphatic carbocycles. The molecule has 19 N–H and O–H groups in total. The summed E-state index contributed by atoms with van der Waals surface area (Å²) in [6.07, 6.45) is -3.08. The first-order valence-electron chi connectivity index (χ1n) is 22.3. The summed E-state index contributed by atoms with van der Waals surface area (Å²) in [6, 6.07) is -1.70. The second-order valence-corrected chi connectivity index (χ2v) is 17.6. The third-order valence-corrected chi connectivity index (χ3v) is 12.2. The lowest BCUT2D eigenvalue weighted by molar-refractivity contribution is -0.145. The smallest absolute Gasteiger partial charge is 0.327 e. The van der Waals surface area contributed by atoms with Crippen LogP contribution in [0.3, 0.4) is 0 Å². The number of guanidine groups is 1. The van der Waals surface area contributed by atoms with Crippen LogP contribution in [0.2, 0.25) is 0 Å². The molecule has 5 rings (SSSR count). The summed E-state index contributed by atoms with van der Waals surface area (Å²) in [4.78, 5) is 171. The Morgan fingerprint density at radius 1 is 0.773 bits per heavy atom. The van der Waals surface area contributed by atoms with Crippen molar-refractivity contribution in [3.8, 4) is 0 Å². The van der Waals surface area contributed by atoms with Crippen molar-refractivity contribution in [3.63, 3.8) is 0 Å². The molecule has 75 heavy (non-hydrogen) atoms. The standard InChI is InChI=1S/C42H51N15O17S/c43-39(44)46-8-7-17-11-41(17,37(73)52-23(10-27(61)62)32(65)57-42(12-20(42)34(67)68)38(74)53-24(15-75)36(71)72)56-31(64)22(9-26(59)60)50-25(58)6-5-21(35(69)70)51-30(63)16-1-3-18(4-2-16)47-13-19-14-48-29-28(49-19)33(66)55-40(45)54-29/h1-4,14,17,20-24,47,75H,5-13,15H2,(H,50,58)(H,51,63)(H,52,73)(H,53,74)(H,56,64)(H,57,65)(H,59,60)(H,61,62)(H,67,68)(H,69,70)(H,71,72)(H4,43,44,46)(H3,45,48,54,55,66)/t17?,20?,21-,22-,23-,24-,41?,42?/m1/s1. The van der Waals surface area contributed by atoms with E-state index < -0.39 is 156 Å². The number of nitrogens with one attached hydrogen (secondary N) is 8. The topological polar surface area (TPSA) is 535 Å². The van der Waals surface area contributed by atoms with Gasteiger partial charge in [0.05, 0.1) is 37.2 Å². The molecule has 2 fully saturated rings. The van der Waals surface area contributed by atoms with Gasteiger partial charge < -0.3 is 80.0 Å². The number of rotatable bonds is 28. The first-order valence-corrected chi connectivity index (χ1v) is 22.9. The summed E-state index contributed by atoms with van der Waals surface area (Å²) in [5, 5.41) is 64.5. The molecule has 402 valence electrons. The Balaban J connectivity index is 1.24. The number of nitrogen functional groups attached to an aromatic ring is 1. The number of carboxylic acids is 5. The molecule has 0 aliphatic heterocycles. The number of aliphatic carboxylic acids is 5. The number of aromatic amines is 1. The molecular weight excluding hydrogens is 1020 g/mol. The molecule has 0 bridgehead atoms. The van der Waals surface area contributed by atoms with Crippen molar-refractivity contribution in [1.82, 2.24) is 51.8 Å². The second kappa shape index (κ2) is 24.0. The van der Waals surface area contributed by atoms with Crippen molar-refractivity contribution in [1.29, 1.82) is 0 Å². The Bertz CT molecular complexity index is 2880. The van der Waals surface area contributed by atoms with Gasteiger partial charge in [0.1, 0.15) is 35.2 Å². The van der Waals surface area contributed by atoms with Crippen LogP contribution in [0.5, 0.6) is 0 Å². The van der Waals surface area contributed by atoms with E-state index in [9.17, 15) is 83.1 Å². The molecule has 32 nitrogen and oxygen atoms in total. The van der Waals surface area contributed by atoms with Crippen molar-refractivity contribution in [2.45, 2.75) is 86.7 Å². The van der Waals surface area contributed by atoms with E-state index in [1.807, 2.05) is 0 Å². The minimum Gasteiger partial charge on any atom is -0.481 e. The molecule has 8 atom stereocenters. The second-order valence-electron chi connectivity index (χ2n) is 17.2. The first-order chi connectivity index (χ1) is 35.3.